The third kappa shape index (κ3) is 3.97. The predicted molar refractivity (Wildman–Crippen MR) is 77.6 cm³/mol. The SMILES string of the molecule is N#CC(CC(=O)N1CCCC1)Nc1cccc(Br)c1. The monoisotopic (exact) mass is 321 g/mol. The molecule has 1 heterocycles. The molecular weight excluding hydrogens is 306 g/mol. The van der Waals surface area contributed by atoms with Crippen LogP contribution >= 0.6 is 15.9 Å². The normalized spacial score (nSPS) is 15.9. The van der Waals surface area contributed by atoms with E-state index in [4.69, 9.17) is 5.26 Å². The number of rotatable bonds is 4. The number of carbonyl (C=O) groups is 1. The first-order valence-corrected chi connectivity index (χ1v) is 7.18. The number of benzene rings is 1. The van der Waals surface area contributed by atoms with Crippen molar-refractivity contribution in [1.29, 1.82) is 5.26 Å². The highest BCUT2D eigenvalue weighted by molar-refractivity contribution is 9.10. The number of halogens is 1. The highest BCUT2D eigenvalue weighted by Gasteiger charge is 2.21. The second-order valence-corrected chi connectivity index (χ2v) is 5.54. The molecule has 4 nitrogen and oxygen atoms in total. The lowest BCUT2D eigenvalue weighted by Crippen LogP contribution is -2.32. The Balaban J connectivity index is 1.93. The van der Waals surface area contributed by atoms with Crippen LogP contribution in [0.5, 0.6) is 0 Å². The summed E-state index contributed by atoms with van der Waals surface area (Å²) in [5.74, 6) is 0.0616. The van der Waals surface area contributed by atoms with Crippen LogP contribution in [0.15, 0.2) is 28.7 Å². The highest BCUT2D eigenvalue weighted by atomic mass is 79.9. The van der Waals surface area contributed by atoms with Gasteiger partial charge in [0.05, 0.1) is 12.5 Å². The standard InChI is InChI=1S/C14H16BrN3O/c15-11-4-3-5-12(8-11)17-13(10-16)9-14(19)18-6-1-2-7-18/h3-5,8,13,17H,1-2,6-7,9H2. The van der Waals surface area contributed by atoms with Crippen molar-refractivity contribution in [2.45, 2.75) is 25.3 Å². The third-order valence-electron chi connectivity index (χ3n) is 3.16. The Hall–Kier alpha value is -1.54. The van der Waals surface area contributed by atoms with Gasteiger partial charge in [-0.1, -0.05) is 22.0 Å². The van der Waals surface area contributed by atoms with Gasteiger partial charge in [0.2, 0.25) is 5.91 Å². The van der Waals surface area contributed by atoms with E-state index >= 15 is 0 Å². The summed E-state index contributed by atoms with van der Waals surface area (Å²) in [5.41, 5.74) is 0.843. The molecule has 1 aromatic rings. The summed E-state index contributed by atoms with van der Waals surface area (Å²) in [7, 11) is 0. The van der Waals surface area contributed by atoms with Gasteiger partial charge < -0.3 is 10.2 Å². The maximum Gasteiger partial charge on any atom is 0.225 e. The summed E-state index contributed by atoms with van der Waals surface area (Å²) in [5, 5.41) is 12.2. The zero-order valence-corrected chi connectivity index (χ0v) is 12.2. The smallest absolute Gasteiger partial charge is 0.225 e. The molecule has 1 N–H and O–H groups in total. The van der Waals surface area contributed by atoms with Crippen LogP contribution in [0, 0.1) is 11.3 Å². The van der Waals surface area contributed by atoms with Crippen LogP contribution in [0.2, 0.25) is 0 Å². The molecule has 0 aromatic heterocycles. The van der Waals surface area contributed by atoms with Crippen molar-refractivity contribution in [3.8, 4) is 6.07 Å². The Bertz CT molecular complexity index is 492. The first-order valence-electron chi connectivity index (χ1n) is 6.38. The molecule has 2 rings (SSSR count). The van der Waals surface area contributed by atoms with Crippen LogP contribution in [0.1, 0.15) is 19.3 Å². The van der Waals surface area contributed by atoms with Crippen LogP contribution in [0.25, 0.3) is 0 Å². The number of likely N-dealkylation sites (tertiary alicyclic amines) is 1. The molecule has 1 unspecified atom stereocenters. The van der Waals surface area contributed by atoms with E-state index in [2.05, 4.69) is 27.3 Å². The van der Waals surface area contributed by atoms with E-state index in [1.807, 2.05) is 29.2 Å². The molecule has 0 spiro atoms. The summed E-state index contributed by atoms with van der Waals surface area (Å²) < 4.78 is 0.944. The largest absolute Gasteiger partial charge is 0.369 e. The van der Waals surface area contributed by atoms with Gasteiger partial charge in [-0.05, 0) is 31.0 Å². The zero-order chi connectivity index (χ0) is 13.7. The van der Waals surface area contributed by atoms with Crippen molar-refractivity contribution in [2.75, 3.05) is 18.4 Å². The van der Waals surface area contributed by atoms with Crippen molar-refractivity contribution < 1.29 is 4.79 Å². The van der Waals surface area contributed by atoms with Gasteiger partial charge in [-0.25, -0.2) is 0 Å². The molecule has 0 radical (unpaired) electrons. The van der Waals surface area contributed by atoms with Crippen LogP contribution in [-0.2, 0) is 4.79 Å². The lowest BCUT2D eigenvalue weighted by molar-refractivity contribution is -0.130. The van der Waals surface area contributed by atoms with Crippen LogP contribution < -0.4 is 5.32 Å². The number of amides is 1. The topological polar surface area (TPSA) is 56.1 Å². The van der Waals surface area contributed by atoms with E-state index < -0.39 is 6.04 Å². The Labute approximate surface area is 121 Å². The molecule has 1 saturated heterocycles. The number of nitrogens with one attached hydrogen (secondary N) is 1. The summed E-state index contributed by atoms with van der Waals surface area (Å²) in [4.78, 5) is 13.8. The third-order valence-corrected chi connectivity index (χ3v) is 3.65. The minimum atomic E-state index is -0.484. The number of hydrogen-bond donors (Lipinski definition) is 1. The lowest BCUT2D eigenvalue weighted by Gasteiger charge is -2.18. The van der Waals surface area contributed by atoms with Crippen molar-refractivity contribution >= 4 is 27.5 Å². The molecule has 1 aliphatic rings. The second kappa shape index (κ2) is 6.58. The second-order valence-electron chi connectivity index (χ2n) is 4.63. The average molecular weight is 322 g/mol. The number of nitriles is 1. The highest BCUT2D eigenvalue weighted by Crippen LogP contribution is 2.17. The van der Waals surface area contributed by atoms with Crippen LogP contribution in [-0.4, -0.2) is 29.9 Å². The van der Waals surface area contributed by atoms with E-state index in [1.54, 1.807) is 0 Å². The summed E-state index contributed by atoms with van der Waals surface area (Å²) in [6, 6.07) is 9.26. The molecule has 0 aliphatic carbocycles. The molecule has 1 aliphatic heterocycles. The molecule has 5 heteroatoms. The van der Waals surface area contributed by atoms with Crippen molar-refractivity contribution in [3.05, 3.63) is 28.7 Å². The summed E-state index contributed by atoms with van der Waals surface area (Å²) >= 11 is 3.38. The van der Waals surface area contributed by atoms with E-state index in [0.29, 0.717) is 0 Å². The Morgan fingerprint density at radius 2 is 2.21 bits per heavy atom. The Morgan fingerprint density at radius 3 is 2.84 bits per heavy atom. The van der Waals surface area contributed by atoms with E-state index in [0.717, 1.165) is 36.1 Å². The average Bonchev–Trinajstić information content (AvgIpc) is 2.92. The van der Waals surface area contributed by atoms with Gasteiger partial charge in [0.25, 0.3) is 0 Å². The Kier molecular flexibility index (Phi) is 4.80. The molecular formula is C14H16BrN3O. The van der Waals surface area contributed by atoms with E-state index in [-0.39, 0.29) is 12.3 Å². The van der Waals surface area contributed by atoms with Crippen molar-refractivity contribution in [3.63, 3.8) is 0 Å². The van der Waals surface area contributed by atoms with Gasteiger partial charge in [0.1, 0.15) is 6.04 Å². The van der Waals surface area contributed by atoms with Crippen molar-refractivity contribution in [1.82, 2.24) is 4.90 Å². The minimum Gasteiger partial charge on any atom is -0.369 e. The van der Waals surface area contributed by atoms with E-state index in [1.165, 1.54) is 0 Å². The van der Waals surface area contributed by atoms with Crippen LogP contribution in [0.4, 0.5) is 5.69 Å². The molecule has 1 atom stereocenters. The lowest BCUT2D eigenvalue weighted by atomic mass is 10.2. The maximum atomic E-state index is 12.0. The van der Waals surface area contributed by atoms with E-state index in [9.17, 15) is 4.79 Å². The first-order chi connectivity index (χ1) is 9.19. The van der Waals surface area contributed by atoms with Gasteiger partial charge in [0.15, 0.2) is 0 Å². The number of hydrogen-bond acceptors (Lipinski definition) is 3. The fourth-order valence-corrected chi connectivity index (χ4v) is 2.58. The number of nitrogens with zero attached hydrogens (tertiary/aromatic N) is 2. The zero-order valence-electron chi connectivity index (χ0n) is 10.6. The first kappa shape index (κ1) is 13.9. The fraction of sp³-hybridized carbons (Fsp3) is 0.429. The molecule has 1 amide bonds. The molecule has 1 fully saturated rings. The van der Waals surface area contributed by atoms with Crippen LogP contribution in [0.3, 0.4) is 0 Å². The molecule has 0 saturated carbocycles. The minimum absolute atomic E-state index is 0.0616. The van der Waals surface area contributed by atoms with Gasteiger partial charge in [-0.15, -0.1) is 0 Å². The summed E-state index contributed by atoms with van der Waals surface area (Å²) in [6.45, 7) is 1.65. The van der Waals surface area contributed by atoms with Gasteiger partial charge >= 0.3 is 0 Å². The number of carbonyl (C=O) groups excluding carboxylic acids is 1. The fourth-order valence-electron chi connectivity index (χ4n) is 2.18. The number of anilines is 1. The molecule has 100 valence electrons. The van der Waals surface area contributed by atoms with Gasteiger partial charge in [0, 0.05) is 23.2 Å². The quantitative estimate of drug-likeness (QED) is 0.927. The Morgan fingerprint density at radius 1 is 1.47 bits per heavy atom. The molecule has 0 bridgehead atoms. The molecule has 19 heavy (non-hydrogen) atoms. The summed E-state index contributed by atoms with van der Waals surface area (Å²) in [6.07, 6.45) is 2.37. The van der Waals surface area contributed by atoms with Crippen molar-refractivity contribution in [2.24, 2.45) is 0 Å². The van der Waals surface area contributed by atoms with Gasteiger partial charge in [-0.2, -0.15) is 5.26 Å². The van der Waals surface area contributed by atoms with Gasteiger partial charge in [-0.3, -0.25) is 4.79 Å². The molecule has 1 aromatic carbocycles. The predicted octanol–water partition coefficient (Wildman–Crippen LogP) is 2.77. The maximum absolute atomic E-state index is 12.0.